The van der Waals surface area contributed by atoms with Crippen molar-refractivity contribution in [3.63, 3.8) is 0 Å². The average molecular weight is 410 g/mol. The van der Waals surface area contributed by atoms with Crippen LogP contribution in [0.25, 0.3) is 0 Å². The van der Waals surface area contributed by atoms with E-state index < -0.39 is 10.0 Å². The Balaban J connectivity index is 0.00000625. The van der Waals surface area contributed by atoms with Crippen molar-refractivity contribution in [2.75, 3.05) is 47.1 Å². The molecule has 0 heterocycles. The summed E-state index contributed by atoms with van der Waals surface area (Å²) < 4.78 is 36.7. The van der Waals surface area contributed by atoms with Crippen LogP contribution in [0.2, 0.25) is 0 Å². The van der Waals surface area contributed by atoms with E-state index in [-0.39, 0.29) is 55.6 Å². The van der Waals surface area contributed by atoms with Gasteiger partial charge in [-0.15, -0.1) is 12.4 Å². The molecule has 0 aliphatic carbocycles. The highest BCUT2D eigenvalue weighted by Gasteiger charge is 2.24. The fourth-order valence-corrected chi connectivity index (χ4v) is 3.44. The van der Waals surface area contributed by atoms with Gasteiger partial charge in [-0.1, -0.05) is 0 Å². The minimum Gasteiger partial charge on any atom is -0.383 e. The van der Waals surface area contributed by atoms with Crippen LogP contribution in [0.5, 0.6) is 0 Å². The first-order valence-electron chi connectivity index (χ1n) is 7.95. The van der Waals surface area contributed by atoms with Gasteiger partial charge >= 0.3 is 0 Å². The molecular formula is C16H28ClN3O5S. The van der Waals surface area contributed by atoms with Crippen molar-refractivity contribution >= 4 is 28.3 Å². The molecule has 0 saturated carbocycles. The highest BCUT2D eigenvalue weighted by Crippen LogP contribution is 2.16. The molecule has 150 valence electrons. The summed E-state index contributed by atoms with van der Waals surface area (Å²) in [5.74, 6) is -0.294. The molecule has 3 N–H and O–H groups in total. The van der Waals surface area contributed by atoms with Crippen LogP contribution in [0.1, 0.15) is 17.3 Å². The Labute approximate surface area is 161 Å². The van der Waals surface area contributed by atoms with E-state index >= 15 is 0 Å². The van der Waals surface area contributed by atoms with E-state index in [4.69, 9.17) is 15.2 Å². The van der Waals surface area contributed by atoms with E-state index in [1.165, 1.54) is 42.8 Å². The molecule has 0 unspecified atom stereocenters. The number of methoxy groups -OCH3 is 2. The first-order valence-corrected chi connectivity index (χ1v) is 9.39. The number of hydrogen-bond donors (Lipinski definition) is 2. The van der Waals surface area contributed by atoms with Crippen molar-refractivity contribution < 1.29 is 22.7 Å². The predicted octanol–water partition coefficient (Wildman–Crippen LogP) is 0.469. The van der Waals surface area contributed by atoms with Crippen molar-refractivity contribution in [3.8, 4) is 0 Å². The van der Waals surface area contributed by atoms with Crippen LogP contribution in [0.4, 0.5) is 0 Å². The Morgan fingerprint density at radius 3 is 2.08 bits per heavy atom. The molecule has 0 bridgehead atoms. The largest absolute Gasteiger partial charge is 0.383 e. The molecule has 0 radical (unpaired) electrons. The molecule has 1 amide bonds. The Morgan fingerprint density at radius 1 is 1.15 bits per heavy atom. The van der Waals surface area contributed by atoms with Crippen molar-refractivity contribution in [3.05, 3.63) is 29.8 Å². The van der Waals surface area contributed by atoms with Crippen molar-refractivity contribution in [1.29, 1.82) is 0 Å². The normalized spacial score (nSPS) is 12.5. The monoisotopic (exact) mass is 409 g/mol. The second kappa shape index (κ2) is 12.2. The topological polar surface area (TPSA) is 111 Å². The molecule has 26 heavy (non-hydrogen) atoms. The van der Waals surface area contributed by atoms with Gasteiger partial charge in [0.1, 0.15) is 0 Å². The third kappa shape index (κ3) is 7.18. The molecule has 0 fully saturated rings. The molecule has 0 aliphatic rings. The number of amides is 1. The van der Waals surface area contributed by atoms with Gasteiger partial charge < -0.3 is 20.5 Å². The smallest absolute Gasteiger partial charge is 0.251 e. The van der Waals surface area contributed by atoms with Gasteiger partial charge in [-0.3, -0.25) is 4.79 Å². The lowest BCUT2D eigenvalue weighted by Crippen LogP contribution is -2.38. The quantitative estimate of drug-likeness (QED) is 0.549. The van der Waals surface area contributed by atoms with Gasteiger partial charge in [0, 0.05) is 45.5 Å². The highest BCUT2D eigenvalue weighted by atomic mass is 35.5. The van der Waals surface area contributed by atoms with Gasteiger partial charge in [-0.25, -0.2) is 8.42 Å². The van der Waals surface area contributed by atoms with E-state index in [1.807, 2.05) is 0 Å². The molecule has 10 heteroatoms. The lowest BCUT2D eigenvalue weighted by molar-refractivity contribution is 0.0941. The SMILES string of the molecule is COCCN(CCOC)S(=O)(=O)c1ccc(C(=O)N[C@@H](C)CN)cc1.Cl. The lowest BCUT2D eigenvalue weighted by Gasteiger charge is -2.21. The Kier molecular flexibility index (Phi) is 11.6. The van der Waals surface area contributed by atoms with Crippen LogP contribution in [-0.4, -0.2) is 71.7 Å². The van der Waals surface area contributed by atoms with E-state index in [1.54, 1.807) is 6.92 Å². The fourth-order valence-electron chi connectivity index (χ4n) is 2.03. The van der Waals surface area contributed by atoms with Crippen LogP contribution in [0, 0.1) is 0 Å². The predicted molar refractivity (Wildman–Crippen MR) is 102 cm³/mol. The lowest BCUT2D eigenvalue weighted by atomic mass is 10.2. The number of sulfonamides is 1. The van der Waals surface area contributed by atoms with E-state index in [0.29, 0.717) is 12.1 Å². The molecule has 1 rings (SSSR count). The average Bonchev–Trinajstić information content (AvgIpc) is 2.61. The summed E-state index contributed by atoms with van der Waals surface area (Å²) in [7, 11) is -0.673. The molecule has 0 saturated heterocycles. The van der Waals surface area contributed by atoms with Crippen LogP contribution < -0.4 is 11.1 Å². The summed E-state index contributed by atoms with van der Waals surface area (Å²) in [6.07, 6.45) is 0. The van der Waals surface area contributed by atoms with E-state index in [2.05, 4.69) is 5.32 Å². The van der Waals surface area contributed by atoms with Crippen LogP contribution in [0.15, 0.2) is 29.2 Å². The van der Waals surface area contributed by atoms with Gasteiger partial charge in [0.25, 0.3) is 5.91 Å². The molecule has 1 aromatic rings. The van der Waals surface area contributed by atoms with Crippen LogP contribution in [-0.2, 0) is 19.5 Å². The van der Waals surface area contributed by atoms with Gasteiger partial charge in [-0.05, 0) is 31.2 Å². The molecule has 8 nitrogen and oxygen atoms in total. The molecule has 0 aliphatic heterocycles. The maximum absolute atomic E-state index is 12.7. The number of carbonyl (C=O) groups excluding carboxylic acids is 1. The summed E-state index contributed by atoms with van der Waals surface area (Å²) in [6.45, 7) is 3.12. The minimum atomic E-state index is -3.69. The zero-order chi connectivity index (χ0) is 18.9. The standard InChI is InChI=1S/C16H27N3O5S.ClH/c1-13(12-17)18-16(20)14-4-6-15(7-5-14)25(21,22)19(8-10-23-2)9-11-24-3;/h4-7,13H,8-12,17H2,1-3H3,(H,18,20);1H/t13-;/m0./s1. The van der Waals surface area contributed by atoms with Gasteiger partial charge in [-0.2, -0.15) is 4.31 Å². The molecule has 1 aromatic carbocycles. The number of ether oxygens (including phenoxy) is 2. The number of hydrogen-bond acceptors (Lipinski definition) is 6. The molecule has 0 aromatic heterocycles. The second-order valence-corrected chi connectivity index (χ2v) is 7.46. The van der Waals surface area contributed by atoms with Crippen LogP contribution >= 0.6 is 12.4 Å². The van der Waals surface area contributed by atoms with Crippen molar-refractivity contribution in [2.24, 2.45) is 5.73 Å². The van der Waals surface area contributed by atoms with Crippen molar-refractivity contribution in [1.82, 2.24) is 9.62 Å². The Hall–Kier alpha value is -1.23. The zero-order valence-electron chi connectivity index (χ0n) is 15.3. The minimum absolute atomic E-state index is 0. The van der Waals surface area contributed by atoms with Gasteiger partial charge in [0.2, 0.25) is 10.0 Å². The number of nitrogens with two attached hydrogens (primary N) is 1. The number of nitrogens with zero attached hydrogens (tertiary/aromatic N) is 1. The Morgan fingerprint density at radius 2 is 1.65 bits per heavy atom. The maximum atomic E-state index is 12.7. The Bertz CT molecular complexity index is 632. The molecule has 1 atom stereocenters. The van der Waals surface area contributed by atoms with Gasteiger partial charge in [0.05, 0.1) is 18.1 Å². The third-order valence-electron chi connectivity index (χ3n) is 3.57. The summed E-state index contributed by atoms with van der Waals surface area (Å²) in [5, 5.41) is 2.73. The van der Waals surface area contributed by atoms with Gasteiger partial charge in [0.15, 0.2) is 0 Å². The third-order valence-corrected chi connectivity index (χ3v) is 5.49. The highest BCUT2D eigenvalue weighted by molar-refractivity contribution is 7.89. The first-order chi connectivity index (χ1) is 11.9. The summed E-state index contributed by atoms with van der Waals surface area (Å²) in [4.78, 5) is 12.1. The van der Waals surface area contributed by atoms with Crippen molar-refractivity contribution in [2.45, 2.75) is 17.9 Å². The zero-order valence-corrected chi connectivity index (χ0v) is 16.9. The fraction of sp³-hybridized carbons (Fsp3) is 0.562. The summed E-state index contributed by atoms with van der Waals surface area (Å²) >= 11 is 0. The number of rotatable bonds is 11. The van der Waals surface area contributed by atoms with Crippen LogP contribution in [0.3, 0.4) is 0 Å². The number of carbonyl (C=O) groups is 1. The summed E-state index contributed by atoms with van der Waals surface area (Å²) in [5.41, 5.74) is 5.85. The summed E-state index contributed by atoms with van der Waals surface area (Å²) in [6, 6.07) is 5.65. The van der Waals surface area contributed by atoms with E-state index in [0.717, 1.165) is 0 Å². The second-order valence-electron chi connectivity index (χ2n) is 5.52. The molecule has 0 spiro atoms. The first kappa shape index (κ1) is 24.8. The number of nitrogens with one attached hydrogen (secondary N) is 1. The molecular weight excluding hydrogens is 382 g/mol. The maximum Gasteiger partial charge on any atom is 0.251 e. The number of halogens is 1. The van der Waals surface area contributed by atoms with E-state index in [9.17, 15) is 13.2 Å². The number of benzene rings is 1.